The number of hydrogen-bond acceptors (Lipinski definition) is 4. The lowest BCUT2D eigenvalue weighted by atomic mass is 10.1. The van der Waals surface area contributed by atoms with Crippen LogP contribution < -0.4 is 10.5 Å². The summed E-state index contributed by atoms with van der Waals surface area (Å²) in [7, 11) is 1.33. The average Bonchev–Trinajstić information content (AvgIpc) is 2.45. The van der Waals surface area contributed by atoms with E-state index in [1.165, 1.54) is 7.11 Å². The Kier molecular flexibility index (Phi) is 4.17. The molecule has 2 aromatic rings. The van der Waals surface area contributed by atoms with Crippen LogP contribution in [0.25, 0.3) is 0 Å². The first kappa shape index (κ1) is 14.9. The number of nitrogen functional groups attached to an aromatic ring is 1. The summed E-state index contributed by atoms with van der Waals surface area (Å²) in [5, 5.41) is 0. The Bertz CT molecular complexity index is 693. The summed E-state index contributed by atoms with van der Waals surface area (Å²) >= 11 is 0. The van der Waals surface area contributed by atoms with Gasteiger partial charge in [0, 0.05) is 0 Å². The number of hydrogen-bond donors (Lipinski definition) is 1. The number of benzene rings is 2. The van der Waals surface area contributed by atoms with E-state index in [-0.39, 0.29) is 0 Å². The fourth-order valence-corrected chi connectivity index (χ4v) is 2.16. The first-order valence-electron chi connectivity index (χ1n) is 6.66. The molecular weight excluding hydrogens is 266 g/mol. The van der Waals surface area contributed by atoms with Gasteiger partial charge in [0.05, 0.1) is 12.8 Å². The molecule has 2 N–H and O–H groups in total. The van der Waals surface area contributed by atoms with Gasteiger partial charge in [-0.25, -0.2) is 4.79 Å². The van der Waals surface area contributed by atoms with Crippen LogP contribution in [0.15, 0.2) is 30.3 Å². The number of methoxy groups -OCH3 is 1. The van der Waals surface area contributed by atoms with Gasteiger partial charge in [-0.2, -0.15) is 0 Å². The van der Waals surface area contributed by atoms with Gasteiger partial charge in [-0.3, -0.25) is 0 Å². The molecule has 2 rings (SSSR count). The Morgan fingerprint density at radius 2 is 1.86 bits per heavy atom. The van der Waals surface area contributed by atoms with Gasteiger partial charge in [0.2, 0.25) is 0 Å². The molecule has 4 nitrogen and oxygen atoms in total. The molecule has 0 aliphatic rings. The van der Waals surface area contributed by atoms with Crippen molar-refractivity contribution >= 4 is 11.7 Å². The lowest BCUT2D eigenvalue weighted by Gasteiger charge is -2.15. The molecule has 0 aromatic heterocycles. The summed E-state index contributed by atoms with van der Waals surface area (Å²) in [6.07, 6.45) is 0. The number of esters is 1. The van der Waals surface area contributed by atoms with Crippen molar-refractivity contribution in [3.63, 3.8) is 0 Å². The Balaban J connectivity index is 2.52. The van der Waals surface area contributed by atoms with Crippen LogP contribution in [0.5, 0.6) is 11.5 Å². The second-order valence-corrected chi connectivity index (χ2v) is 5.02. The fraction of sp³-hybridized carbons (Fsp3) is 0.235. The molecule has 0 saturated carbocycles. The van der Waals surface area contributed by atoms with Crippen LogP contribution >= 0.6 is 0 Å². The number of para-hydroxylation sites is 1. The van der Waals surface area contributed by atoms with Gasteiger partial charge in [-0.1, -0.05) is 12.1 Å². The molecule has 0 spiro atoms. The van der Waals surface area contributed by atoms with E-state index < -0.39 is 5.97 Å². The maximum atomic E-state index is 11.8. The maximum Gasteiger partial charge on any atom is 0.341 e. The lowest BCUT2D eigenvalue weighted by molar-refractivity contribution is 0.0598. The molecule has 0 heterocycles. The Hall–Kier alpha value is -2.49. The highest BCUT2D eigenvalue weighted by molar-refractivity contribution is 5.94. The average molecular weight is 285 g/mol. The number of aryl methyl sites for hydroxylation is 2. The van der Waals surface area contributed by atoms with Crippen LogP contribution in [-0.4, -0.2) is 13.1 Å². The van der Waals surface area contributed by atoms with E-state index in [4.69, 9.17) is 15.2 Å². The third-order valence-corrected chi connectivity index (χ3v) is 3.43. The molecule has 0 aliphatic carbocycles. The van der Waals surface area contributed by atoms with Crippen molar-refractivity contribution in [2.45, 2.75) is 20.8 Å². The highest BCUT2D eigenvalue weighted by Crippen LogP contribution is 2.34. The number of carbonyl (C=O) groups is 1. The van der Waals surface area contributed by atoms with Crippen LogP contribution in [0, 0.1) is 20.8 Å². The molecule has 0 fully saturated rings. The largest absolute Gasteiger partial charge is 0.465 e. The summed E-state index contributed by atoms with van der Waals surface area (Å²) < 4.78 is 10.7. The monoisotopic (exact) mass is 285 g/mol. The van der Waals surface area contributed by atoms with E-state index in [0.717, 1.165) is 16.7 Å². The summed E-state index contributed by atoms with van der Waals surface area (Å²) in [6.45, 7) is 5.99. The number of nitrogens with two attached hydrogens (primary N) is 1. The Morgan fingerprint density at radius 3 is 2.52 bits per heavy atom. The lowest BCUT2D eigenvalue weighted by Crippen LogP contribution is -2.06. The SMILES string of the molecule is COC(=O)c1cccc(N)c1Oc1cc(C)cc(C)c1C. The van der Waals surface area contributed by atoms with Gasteiger partial charge in [-0.15, -0.1) is 0 Å². The van der Waals surface area contributed by atoms with E-state index >= 15 is 0 Å². The minimum absolute atomic E-state index is 0.316. The van der Waals surface area contributed by atoms with Gasteiger partial charge < -0.3 is 15.2 Å². The van der Waals surface area contributed by atoms with E-state index in [9.17, 15) is 4.79 Å². The molecule has 0 aliphatic heterocycles. The maximum absolute atomic E-state index is 11.8. The third kappa shape index (κ3) is 2.99. The fourth-order valence-electron chi connectivity index (χ4n) is 2.16. The van der Waals surface area contributed by atoms with E-state index in [2.05, 4.69) is 6.07 Å². The van der Waals surface area contributed by atoms with E-state index in [1.54, 1.807) is 18.2 Å². The first-order chi connectivity index (χ1) is 9.93. The summed E-state index contributed by atoms with van der Waals surface area (Å²) in [5.41, 5.74) is 9.89. The minimum Gasteiger partial charge on any atom is -0.465 e. The zero-order valence-electron chi connectivity index (χ0n) is 12.7. The highest BCUT2D eigenvalue weighted by atomic mass is 16.5. The van der Waals surface area contributed by atoms with Crippen molar-refractivity contribution in [1.82, 2.24) is 0 Å². The van der Waals surface area contributed by atoms with Crippen molar-refractivity contribution in [1.29, 1.82) is 0 Å². The zero-order chi connectivity index (χ0) is 15.6. The van der Waals surface area contributed by atoms with Crippen LogP contribution in [0.2, 0.25) is 0 Å². The normalized spacial score (nSPS) is 10.3. The second kappa shape index (κ2) is 5.87. The smallest absolute Gasteiger partial charge is 0.341 e. The number of anilines is 1. The van der Waals surface area contributed by atoms with Crippen molar-refractivity contribution in [2.75, 3.05) is 12.8 Å². The van der Waals surface area contributed by atoms with Gasteiger partial charge in [0.1, 0.15) is 11.3 Å². The van der Waals surface area contributed by atoms with E-state index in [1.807, 2.05) is 26.8 Å². The second-order valence-electron chi connectivity index (χ2n) is 5.02. The molecule has 0 atom stereocenters. The molecule has 0 radical (unpaired) electrons. The molecular formula is C17H19NO3. The molecule has 0 unspecified atom stereocenters. The molecule has 0 saturated heterocycles. The van der Waals surface area contributed by atoms with Gasteiger partial charge in [0.15, 0.2) is 5.75 Å². The number of rotatable bonds is 3. The summed E-state index contributed by atoms with van der Waals surface area (Å²) in [6, 6.07) is 9.03. The number of ether oxygens (including phenoxy) is 2. The van der Waals surface area contributed by atoms with Crippen molar-refractivity contribution < 1.29 is 14.3 Å². The molecule has 2 aromatic carbocycles. The number of carbonyl (C=O) groups excluding carboxylic acids is 1. The van der Waals surface area contributed by atoms with Gasteiger partial charge in [-0.05, 0) is 55.7 Å². The topological polar surface area (TPSA) is 61.5 Å². The van der Waals surface area contributed by atoms with Crippen LogP contribution in [-0.2, 0) is 4.74 Å². The van der Waals surface area contributed by atoms with Gasteiger partial charge in [0.25, 0.3) is 0 Å². The van der Waals surface area contributed by atoms with Crippen LogP contribution in [0.4, 0.5) is 5.69 Å². The molecule has 0 bridgehead atoms. The van der Waals surface area contributed by atoms with Crippen molar-refractivity contribution in [2.24, 2.45) is 0 Å². The van der Waals surface area contributed by atoms with Crippen LogP contribution in [0.1, 0.15) is 27.0 Å². The zero-order valence-corrected chi connectivity index (χ0v) is 12.7. The standard InChI is InChI=1S/C17H19NO3/c1-10-8-11(2)12(3)15(9-10)21-16-13(17(19)20-4)6-5-7-14(16)18/h5-9H,18H2,1-4H3. The van der Waals surface area contributed by atoms with Crippen molar-refractivity contribution in [3.05, 3.63) is 52.6 Å². The predicted molar refractivity (Wildman–Crippen MR) is 82.9 cm³/mol. The third-order valence-electron chi connectivity index (χ3n) is 3.43. The van der Waals surface area contributed by atoms with E-state index in [0.29, 0.717) is 22.7 Å². The first-order valence-corrected chi connectivity index (χ1v) is 6.66. The van der Waals surface area contributed by atoms with Gasteiger partial charge >= 0.3 is 5.97 Å². The van der Waals surface area contributed by atoms with Crippen LogP contribution in [0.3, 0.4) is 0 Å². The molecule has 0 amide bonds. The Labute approximate surface area is 124 Å². The minimum atomic E-state index is -0.473. The quantitative estimate of drug-likeness (QED) is 0.688. The Morgan fingerprint density at radius 1 is 1.14 bits per heavy atom. The highest BCUT2D eigenvalue weighted by Gasteiger charge is 2.17. The summed E-state index contributed by atoms with van der Waals surface area (Å²) in [5.74, 6) is 0.548. The molecule has 21 heavy (non-hydrogen) atoms. The summed E-state index contributed by atoms with van der Waals surface area (Å²) in [4.78, 5) is 11.8. The predicted octanol–water partition coefficient (Wildman–Crippen LogP) is 3.77. The molecule has 110 valence electrons. The molecule has 4 heteroatoms. The van der Waals surface area contributed by atoms with Crippen molar-refractivity contribution in [3.8, 4) is 11.5 Å².